The molecule has 1 aromatic carbocycles. The number of carbonyl (C=O) groups excluding carboxylic acids is 1. The van der Waals surface area contributed by atoms with Crippen LogP contribution in [0.15, 0.2) is 24.3 Å². The first-order valence-corrected chi connectivity index (χ1v) is 5.39. The third-order valence-electron chi connectivity index (χ3n) is 2.19. The largest absolute Gasteiger partial charge is 1.00 e. The van der Waals surface area contributed by atoms with E-state index in [9.17, 15) is 4.79 Å². The molecule has 0 aliphatic carbocycles. The standard InChI is InChI=1S/C13H20NO2.HI/c1-11(15)16-10-13-8-6-5-7-12(13)9-14(2,3)4;/h5-8H,9-10H2,1-4H3;1H/q+1;/p-1. The van der Waals surface area contributed by atoms with Gasteiger partial charge in [-0.2, -0.15) is 0 Å². The molecule has 0 aliphatic rings. The lowest BCUT2D eigenvalue weighted by atomic mass is 10.1. The Morgan fingerprint density at radius 3 is 2.18 bits per heavy atom. The SMILES string of the molecule is CC(=O)OCc1ccccc1C[N+](C)(C)C.[I-]. The summed E-state index contributed by atoms with van der Waals surface area (Å²) in [6.45, 7) is 2.73. The monoisotopic (exact) mass is 349 g/mol. The molecule has 0 aliphatic heterocycles. The summed E-state index contributed by atoms with van der Waals surface area (Å²) in [6.07, 6.45) is 0. The molecular weight excluding hydrogens is 329 g/mol. The number of hydrogen-bond acceptors (Lipinski definition) is 2. The molecule has 0 aromatic heterocycles. The van der Waals surface area contributed by atoms with Crippen LogP contribution in [0.3, 0.4) is 0 Å². The molecule has 4 heteroatoms. The summed E-state index contributed by atoms with van der Waals surface area (Å²) in [5.74, 6) is -0.236. The quantitative estimate of drug-likeness (QED) is 0.395. The molecule has 0 amide bonds. The summed E-state index contributed by atoms with van der Waals surface area (Å²) in [6, 6.07) is 8.08. The van der Waals surface area contributed by atoms with Gasteiger partial charge in [0, 0.05) is 12.5 Å². The van der Waals surface area contributed by atoms with Crippen LogP contribution in [0, 0.1) is 0 Å². The van der Waals surface area contributed by atoms with E-state index < -0.39 is 0 Å². The lowest BCUT2D eigenvalue weighted by Gasteiger charge is -2.25. The van der Waals surface area contributed by atoms with Crippen LogP contribution in [0.2, 0.25) is 0 Å². The molecule has 0 bridgehead atoms. The fourth-order valence-electron chi connectivity index (χ4n) is 1.54. The first-order valence-electron chi connectivity index (χ1n) is 5.39. The Morgan fingerprint density at radius 1 is 1.18 bits per heavy atom. The topological polar surface area (TPSA) is 26.3 Å². The van der Waals surface area contributed by atoms with Gasteiger partial charge < -0.3 is 33.2 Å². The van der Waals surface area contributed by atoms with Gasteiger partial charge in [0.15, 0.2) is 0 Å². The van der Waals surface area contributed by atoms with Gasteiger partial charge in [-0.05, 0) is 5.56 Å². The van der Waals surface area contributed by atoms with E-state index in [1.54, 1.807) is 0 Å². The molecule has 0 spiro atoms. The molecule has 3 nitrogen and oxygen atoms in total. The smallest absolute Gasteiger partial charge is 0.302 e. The molecular formula is C13H20INO2. The maximum absolute atomic E-state index is 10.8. The van der Waals surface area contributed by atoms with E-state index in [1.165, 1.54) is 12.5 Å². The first-order chi connectivity index (χ1) is 7.38. The van der Waals surface area contributed by atoms with Gasteiger partial charge in [0.25, 0.3) is 0 Å². The highest BCUT2D eigenvalue weighted by Gasteiger charge is 2.12. The number of halogens is 1. The van der Waals surface area contributed by atoms with Crippen molar-refractivity contribution in [2.24, 2.45) is 0 Å². The van der Waals surface area contributed by atoms with Crippen LogP contribution in [0.25, 0.3) is 0 Å². The lowest BCUT2D eigenvalue weighted by Crippen LogP contribution is -3.00. The number of rotatable bonds is 4. The van der Waals surface area contributed by atoms with Crippen molar-refractivity contribution in [3.05, 3.63) is 35.4 Å². The molecule has 0 saturated carbocycles. The lowest BCUT2D eigenvalue weighted by molar-refractivity contribution is -0.884. The van der Waals surface area contributed by atoms with Crippen LogP contribution >= 0.6 is 0 Å². The number of hydrogen-bond donors (Lipinski definition) is 0. The van der Waals surface area contributed by atoms with Crippen molar-refractivity contribution >= 4 is 5.97 Å². The summed E-state index contributed by atoms with van der Waals surface area (Å²) >= 11 is 0. The highest BCUT2D eigenvalue weighted by atomic mass is 127. The average molecular weight is 349 g/mol. The minimum absolute atomic E-state index is 0. The molecule has 96 valence electrons. The number of ether oxygens (including phenoxy) is 1. The van der Waals surface area contributed by atoms with Crippen molar-refractivity contribution in [1.82, 2.24) is 0 Å². The predicted octanol–water partition coefficient (Wildman–Crippen LogP) is -1.04. The van der Waals surface area contributed by atoms with Gasteiger partial charge in [-0.3, -0.25) is 4.79 Å². The second-order valence-electron chi connectivity index (χ2n) is 5.00. The van der Waals surface area contributed by atoms with E-state index in [0.29, 0.717) is 6.61 Å². The molecule has 17 heavy (non-hydrogen) atoms. The van der Waals surface area contributed by atoms with Crippen molar-refractivity contribution in [2.45, 2.75) is 20.1 Å². The summed E-state index contributed by atoms with van der Waals surface area (Å²) in [4.78, 5) is 10.8. The van der Waals surface area contributed by atoms with E-state index in [2.05, 4.69) is 27.2 Å². The Bertz CT molecular complexity index is 372. The van der Waals surface area contributed by atoms with Gasteiger partial charge in [-0.1, -0.05) is 24.3 Å². The minimum Gasteiger partial charge on any atom is -1.00 e. The second kappa shape index (κ2) is 6.96. The van der Waals surface area contributed by atoms with Crippen LogP contribution in [-0.2, 0) is 22.7 Å². The van der Waals surface area contributed by atoms with Gasteiger partial charge >= 0.3 is 5.97 Å². The third-order valence-corrected chi connectivity index (χ3v) is 2.19. The highest BCUT2D eigenvalue weighted by molar-refractivity contribution is 5.65. The van der Waals surface area contributed by atoms with E-state index >= 15 is 0 Å². The Hall–Kier alpha value is -0.620. The van der Waals surface area contributed by atoms with Gasteiger partial charge in [-0.25, -0.2) is 0 Å². The fraction of sp³-hybridized carbons (Fsp3) is 0.462. The molecule has 0 radical (unpaired) electrons. The molecule has 1 aromatic rings. The maximum Gasteiger partial charge on any atom is 0.302 e. The average Bonchev–Trinajstić information content (AvgIpc) is 2.14. The zero-order valence-corrected chi connectivity index (χ0v) is 13.0. The van der Waals surface area contributed by atoms with Crippen molar-refractivity contribution in [3.8, 4) is 0 Å². The Kier molecular flexibility index (Phi) is 6.70. The van der Waals surface area contributed by atoms with Gasteiger partial charge in [0.1, 0.15) is 13.2 Å². The summed E-state index contributed by atoms with van der Waals surface area (Å²) in [5, 5.41) is 0. The zero-order valence-electron chi connectivity index (χ0n) is 10.9. The first kappa shape index (κ1) is 16.4. The van der Waals surface area contributed by atoms with Crippen molar-refractivity contribution < 1.29 is 38.0 Å². The van der Waals surface area contributed by atoms with Gasteiger partial charge in [-0.15, -0.1) is 0 Å². The number of quaternary nitrogens is 1. The van der Waals surface area contributed by atoms with E-state index in [4.69, 9.17) is 4.74 Å². The van der Waals surface area contributed by atoms with Crippen molar-refractivity contribution in [3.63, 3.8) is 0 Å². The highest BCUT2D eigenvalue weighted by Crippen LogP contribution is 2.14. The van der Waals surface area contributed by atoms with Crippen LogP contribution in [0.5, 0.6) is 0 Å². The summed E-state index contributed by atoms with van der Waals surface area (Å²) in [5.41, 5.74) is 2.32. The van der Waals surface area contributed by atoms with Gasteiger partial charge in [0.05, 0.1) is 21.1 Å². The van der Waals surface area contributed by atoms with E-state index in [0.717, 1.165) is 16.6 Å². The van der Waals surface area contributed by atoms with Crippen LogP contribution in [0.4, 0.5) is 0 Å². The molecule has 0 atom stereocenters. The molecule has 0 fully saturated rings. The number of esters is 1. The van der Waals surface area contributed by atoms with Crippen molar-refractivity contribution in [2.75, 3.05) is 21.1 Å². The number of benzene rings is 1. The molecule has 0 heterocycles. The third kappa shape index (κ3) is 6.63. The minimum atomic E-state index is -0.236. The van der Waals surface area contributed by atoms with E-state index in [-0.39, 0.29) is 29.9 Å². The molecule has 0 saturated heterocycles. The predicted molar refractivity (Wildman–Crippen MR) is 63.6 cm³/mol. The Labute approximate surface area is 120 Å². The Balaban J connectivity index is 0.00000256. The fourth-order valence-corrected chi connectivity index (χ4v) is 1.54. The number of carbonyl (C=O) groups is 1. The van der Waals surface area contributed by atoms with Crippen LogP contribution < -0.4 is 24.0 Å². The maximum atomic E-state index is 10.8. The summed E-state index contributed by atoms with van der Waals surface area (Å²) < 4.78 is 5.90. The summed E-state index contributed by atoms with van der Waals surface area (Å²) in [7, 11) is 6.42. The normalized spacial score (nSPS) is 10.6. The molecule has 0 N–H and O–H groups in total. The molecule has 0 unspecified atom stereocenters. The van der Waals surface area contributed by atoms with Crippen molar-refractivity contribution in [1.29, 1.82) is 0 Å². The molecule has 1 rings (SSSR count). The van der Waals surface area contributed by atoms with E-state index in [1.807, 2.05) is 18.2 Å². The number of nitrogens with zero attached hydrogens (tertiary/aromatic N) is 1. The van der Waals surface area contributed by atoms with Gasteiger partial charge in [0.2, 0.25) is 0 Å². The Morgan fingerprint density at radius 2 is 1.71 bits per heavy atom. The second-order valence-corrected chi connectivity index (χ2v) is 5.00. The zero-order chi connectivity index (χ0) is 12.2. The van der Waals surface area contributed by atoms with Crippen LogP contribution in [0.1, 0.15) is 18.1 Å². The van der Waals surface area contributed by atoms with Crippen LogP contribution in [-0.4, -0.2) is 31.6 Å².